The Labute approximate surface area is 122 Å². The monoisotopic (exact) mass is 287 g/mol. The third-order valence-corrected chi connectivity index (χ3v) is 2.92. The number of hydrogen-bond donors (Lipinski definition) is 2. The molecule has 0 spiro atoms. The fourth-order valence-corrected chi connectivity index (χ4v) is 1.88. The Morgan fingerprint density at radius 1 is 1.19 bits per heavy atom. The molecule has 0 saturated heterocycles. The fourth-order valence-electron chi connectivity index (χ4n) is 1.88. The van der Waals surface area contributed by atoms with E-state index in [0.29, 0.717) is 11.5 Å². The fraction of sp³-hybridized carbons (Fsp3) is 0.267. The van der Waals surface area contributed by atoms with E-state index in [-0.39, 0.29) is 18.2 Å². The van der Waals surface area contributed by atoms with E-state index in [4.69, 9.17) is 4.52 Å². The van der Waals surface area contributed by atoms with E-state index in [9.17, 15) is 9.59 Å². The molecule has 0 atom stereocenters. The van der Waals surface area contributed by atoms with Crippen molar-refractivity contribution in [1.29, 1.82) is 0 Å². The second-order valence-corrected chi connectivity index (χ2v) is 4.65. The first-order valence-electron chi connectivity index (χ1n) is 6.68. The lowest BCUT2D eigenvalue weighted by Crippen LogP contribution is -2.15. The van der Waals surface area contributed by atoms with Crippen LogP contribution >= 0.6 is 0 Å². The Morgan fingerprint density at radius 2 is 1.90 bits per heavy atom. The number of rotatable bonds is 5. The van der Waals surface area contributed by atoms with Crippen LogP contribution in [0.3, 0.4) is 0 Å². The Balaban J connectivity index is 1.95. The smallest absolute Gasteiger partial charge is 0.230 e. The molecule has 1 heterocycles. The quantitative estimate of drug-likeness (QED) is 0.884. The lowest BCUT2D eigenvalue weighted by Gasteiger charge is -2.05. The molecule has 0 unspecified atom stereocenters. The van der Waals surface area contributed by atoms with Gasteiger partial charge in [-0.1, -0.05) is 24.2 Å². The molecular weight excluding hydrogens is 270 g/mol. The SMILES string of the molecule is CCc1conc1NC(=O)Cc1ccc(NC(C)=O)cc1. The lowest BCUT2D eigenvalue weighted by molar-refractivity contribution is -0.116. The van der Waals surface area contributed by atoms with Gasteiger partial charge in [-0.15, -0.1) is 0 Å². The van der Waals surface area contributed by atoms with E-state index >= 15 is 0 Å². The van der Waals surface area contributed by atoms with Crippen molar-refractivity contribution in [3.05, 3.63) is 41.7 Å². The molecule has 110 valence electrons. The minimum atomic E-state index is -0.161. The molecule has 21 heavy (non-hydrogen) atoms. The van der Waals surface area contributed by atoms with Gasteiger partial charge >= 0.3 is 0 Å². The maximum Gasteiger partial charge on any atom is 0.230 e. The van der Waals surface area contributed by atoms with Crippen LogP contribution < -0.4 is 10.6 Å². The topological polar surface area (TPSA) is 84.2 Å². The molecular formula is C15H17N3O3. The zero-order valence-electron chi connectivity index (χ0n) is 12.0. The highest BCUT2D eigenvalue weighted by molar-refractivity contribution is 5.92. The average molecular weight is 287 g/mol. The number of anilines is 2. The molecule has 1 aromatic heterocycles. The zero-order chi connectivity index (χ0) is 15.2. The summed E-state index contributed by atoms with van der Waals surface area (Å²) in [4.78, 5) is 22.9. The molecule has 2 aromatic rings. The summed E-state index contributed by atoms with van der Waals surface area (Å²) in [6.45, 7) is 3.41. The molecule has 6 heteroatoms. The van der Waals surface area contributed by atoms with Gasteiger partial charge in [-0.05, 0) is 24.1 Å². The van der Waals surface area contributed by atoms with Gasteiger partial charge in [0.05, 0.1) is 6.42 Å². The van der Waals surface area contributed by atoms with Crippen LogP contribution in [0.2, 0.25) is 0 Å². The van der Waals surface area contributed by atoms with Crippen molar-refractivity contribution < 1.29 is 14.1 Å². The van der Waals surface area contributed by atoms with Crippen LogP contribution in [0.15, 0.2) is 35.1 Å². The van der Waals surface area contributed by atoms with Gasteiger partial charge in [0, 0.05) is 18.2 Å². The molecule has 6 nitrogen and oxygen atoms in total. The summed E-state index contributed by atoms with van der Waals surface area (Å²) >= 11 is 0. The standard InChI is InChI=1S/C15H17N3O3/c1-3-12-9-21-18-15(12)17-14(20)8-11-4-6-13(7-5-11)16-10(2)19/h4-7,9H,3,8H2,1-2H3,(H,16,19)(H,17,18,20). The van der Waals surface area contributed by atoms with E-state index in [1.165, 1.54) is 13.2 Å². The number of nitrogens with zero attached hydrogens (tertiary/aromatic N) is 1. The predicted molar refractivity (Wildman–Crippen MR) is 79.0 cm³/mol. The molecule has 1 aromatic carbocycles. The maximum atomic E-state index is 11.9. The van der Waals surface area contributed by atoms with E-state index < -0.39 is 0 Å². The number of hydrogen-bond acceptors (Lipinski definition) is 4. The predicted octanol–water partition coefficient (Wildman–Crippen LogP) is 2.38. The Kier molecular flexibility index (Phi) is 4.71. The van der Waals surface area contributed by atoms with Crippen molar-refractivity contribution in [1.82, 2.24) is 5.16 Å². The van der Waals surface area contributed by atoms with E-state index in [0.717, 1.165) is 17.5 Å². The second-order valence-electron chi connectivity index (χ2n) is 4.65. The van der Waals surface area contributed by atoms with Crippen LogP contribution in [0.1, 0.15) is 25.0 Å². The molecule has 0 saturated carbocycles. The summed E-state index contributed by atoms with van der Waals surface area (Å²) in [5, 5.41) is 9.16. The molecule has 2 N–H and O–H groups in total. The minimum absolute atomic E-state index is 0.126. The van der Waals surface area contributed by atoms with Crippen molar-refractivity contribution in [2.24, 2.45) is 0 Å². The largest absolute Gasteiger partial charge is 0.362 e. The molecule has 2 amide bonds. The van der Waals surface area contributed by atoms with Gasteiger partial charge in [-0.3, -0.25) is 9.59 Å². The van der Waals surface area contributed by atoms with E-state index in [1.807, 2.05) is 6.92 Å². The van der Waals surface area contributed by atoms with Crippen LogP contribution in [-0.2, 0) is 22.4 Å². The first-order chi connectivity index (χ1) is 10.1. The highest BCUT2D eigenvalue weighted by Crippen LogP contribution is 2.14. The van der Waals surface area contributed by atoms with E-state index in [2.05, 4.69) is 15.8 Å². The van der Waals surface area contributed by atoms with Gasteiger partial charge in [0.15, 0.2) is 5.82 Å². The first kappa shape index (κ1) is 14.8. The molecule has 0 aliphatic rings. The summed E-state index contributed by atoms with van der Waals surface area (Å²) in [5.74, 6) is 0.182. The number of benzene rings is 1. The number of amides is 2. The summed E-state index contributed by atoms with van der Waals surface area (Å²) in [6.07, 6.45) is 2.50. The van der Waals surface area contributed by atoms with Gasteiger partial charge < -0.3 is 15.2 Å². The first-order valence-corrected chi connectivity index (χ1v) is 6.68. The molecule has 0 radical (unpaired) electrons. The van der Waals surface area contributed by atoms with Gasteiger partial charge in [-0.2, -0.15) is 0 Å². The maximum absolute atomic E-state index is 11.9. The number of carbonyl (C=O) groups excluding carboxylic acids is 2. The summed E-state index contributed by atoms with van der Waals surface area (Å²) in [7, 11) is 0. The number of aromatic nitrogens is 1. The highest BCUT2D eigenvalue weighted by Gasteiger charge is 2.10. The molecule has 0 bridgehead atoms. The van der Waals surface area contributed by atoms with Crippen LogP contribution in [0, 0.1) is 0 Å². The second kappa shape index (κ2) is 6.69. The molecule has 0 aliphatic carbocycles. The van der Waals surface area contributed by atoms with Crippen LogP contribution in [0.25, 0.3) is 0 Å². The zero-order valence-corrected chi connectivity index (χ0v) is 12.0. The number of aryl methyl sites for hydroxylation is 1. The van der Waals surface area contributed by atoms with Crippen molar-refractivity contribution >= 4 is 23.3 Å². The molecule has 0 aliphatic heterocycles. The van der Waals surface area contributed by atoms with Crippen molar-refractivity contribution in [2.75, 3.05) is 10.6 Å². The Bertz CT molecular complexity index is 632. The Hall–Kier alpha value is -2.63. The summed E-state index contributed by atoms with van der Waals surface area (Å²) < 4.78 is 4.84. The van der Waals surface area contributed by atoms with Gasteiger partial charge in [0.25, 0.3) is 0 Å². The van der Waals surface area contributed by atoms with Gasteiger partial charge in [0.1, 0.15) is 6.26 Å². The normalized spacial score (nSPS) is 10.2. The van der Waals surface area contributed by atoms with Crippen molar-refractivity contribution in [2.45, 2.75) is 26.7 Å². The van der Waals surface area contributed by atoms with Gasteiger partial charge in [-0.25, -0.2) is 0 Å². The minimum Gasteiger partial charge on any atom is -0.362 e. The van der Waals surface area contributed by atoms with Crippen LogP contribution in [-0.4, -0.2) is 17.0 Å². The van der Waals surface area contributed by atoms with Crippen molar-refractivity contribution in [3.63, 3.8) is 0 Å². The third kappa shape index (κ3) is 4.17. The van der Waals surface area contributed by atoms with Crippen LogP contribution in [0.4, 0.5) is 11.5 Å². The van der Waals surface area contributed by atoms with Crippen LogP contribution in [0.5, 0.6) is 0 Å². The van der Waals surface area contributed by atoms with Gasteiger partial charge in [0.2, 0.25) is 11.8 Å². The summed E-state index contributed by atoms with van der Waals surface area (Å²) in [6, 6.07) is 7.12. The average Bonchev–Trinajstić information content (AvgIpc) is 2.87. The van der Waals surface area contributed by atoms with E-state index in [1.54, 1.807) is 24.3 Å². The lowest BCUT2D eigenvalue weighted by atomic mass is 10.1. The molecule has 2 rings (SSSR count). The highest BCUT2D eigenvalue weighted by atomic mass is 16.5. The molecule has 0 fully saturated rings. The summed E-state index contributed by atoms with van der Waals surface area (Å²) in [5.41, 5.74) is 2.42. The Morgan fingerprint density at radius 3 is 2.52 bits per heavy atom. The number of carbonyl (C=O) groups is 2. The third-order valence-electron chi connectivity index (χ3n) is 2.92. The van der Waals surface area contributed by atoms with Crippen molar-refractivity contribution in [3.8, 4) is 0 Å². The number of nitrogens with one attached hydrogen (secondary N) is 2.